The van der Waals surface area contributed by atoms with E-state index in [1.54, 1.807) is 6.92 Å². The van der Waals surface area contributed by atoms with E-state index in [4.69, 9.17) is 5.26 Å². The monoisotopic (exact) mass is 278 g/mol. The van der Waals surface area contributed by atoms with E-state index >= 15 is 0 Å². The molecule has 0 saturated heterocycles. The fraction of sp³-hybridized carbons (Fsp3) is 0.357. The van der Waals surface area contributed by atoms with Crippen LogP contribution in [0.3, 0.4) is 0 Å². The standard InChI is InChI=1S/C14H15FN2O3/c1-9(8-16)7-12(14(19)20-2)17-13(18)10-5-3-4-6-11(10)15/h3-6,9,12H,7H2,1-2H3,(H,17,18)/t9-,12+/m0/s1. The molecule has 0 saturated carbocycles. The number of rotatable bonds is 5. The van der Waals surface area contributed by atoms with Crippen molar-refractivity contribution in [2.24, 2.45) is 5.92 Å². The van der Waals surface area contributed by atoms with Gasteiger partial charge in [0.1, 0.15) is 11.9 Å². The van der Waals surface area contributed by atoms with Crippen molar-refractivity contribution >= 4 is 11.9 Å². The summed E-state index contributed by atoms with van der Waals surface area (Å²) in [5, 5.41) is 11.1. The molecule has 1 amide bonds. The zero-order valence-electron chi connectivity index (χ0n) is 11.2. The van der Waals surface area contributed by atoms with Gasteiger partial charge in [-0.15, -0.1) is 0 Å². The summed E-state index contributed by atoms with van der Waals surface area (Å²) in [6.45, 7) is 1.62. The van der Waals surface area contributed by atoms with E-state index in [0.29, 0.717) is 0 Å². The first-order valence-corrected chi connectivity index (χ1v) is 6.02. The number of carbonyl (C=O) groups excluding carboxylic acids is 2. The van der Waals surface area contributed by atoms with Crippen LogP contribution in [0.25, 0.3) is 0 Å². The third-order valence-electron chi connectivity index (χ3n) is 2.72. The number of esters is 1. The maximum absolute atomic E-state index is 13.5. The lowest BCUT2D eigenvalue weighted by Gasteiger charge is -2.17. The van der Waals surface area contributed by atoms with Gasteiger partial charge in [0.2, 0.25) is 0 Å². The van der Waals surface area contributed by atoms with E-state index < -0.39 is 29.7 Å². The van der Waals surface area contributed by atoms with E-state index in [-0.39, 0.29) is 12.0 Å². The molecule has 0 heterocycles. The molecule has 5 nitrogen and oxygen atoms in total. The van der Waals surface area contributed by atoms with Crippen LogP contribution in [0.5, 0.6) is 0 Å². The Balaban J connectivity index is 2.85. The number of hydrogen-bond donors (Lipinski definition) is 1. The van der Waals surface area contributed by atoms with Crippen LogP contribution in [0.2, 0.25) is 0 Å². The number of benzene rings is 1. The number of amides is 1. The van der Waals surface area contributed by atoms with Gasteiger partial charge in [-0.2, -0.15) is 5.26 Å². The molecule has 0 bridgehead atoms. The van der Waals surface area contributed by atoms with Crippen LogP contribution in [-0.4, -0.2) is 25.0 Å². The molecule has 0 aliphatic rings. The van der Waals surface area contributed by atoms with Crippen molar-refractivity contribution in [2.45, 2.75) is 19.4 Å². The fourth-order valence-electron chi connectivity index (χ4n) is 1.64. The Kier molecular flexibility index (Phi) is 5.66. The van der Waals surface area contributed by atoms with Crippen molar-refractivity contribution in [1.29, 1.82) is 5.26 Å². The maximum atomic E-state index is 13.5. The Hall–Kier alpha value is -2.42. The van der Waals surface area contributed by atoms with Crippen LogP contribution < -0.4 is 5.32 Å². The van der Waals surface area contributed by atoms with Gasteiger partial charge in [0.15, 0.2) is 0 Å². The average molecular weight is 278 g/mol. The molecule has 0 radical (unpaired) electrons. The van der Waals surface area contributed by atoms with Crippen molar-refractivity contribution in [1.82, 2.24) is 5.32 Å². The molecular weight excluding hydrogens is 263 g/mol. The van der Waals surface area contributed by atoms with Crippen molar-refractivity contribution in [3.63, 3.8) is 0 Å². The van der Waals surface area contributed by atoms with Crippen LogP contribution in [-0.2, 0) is 9.53 Å². The van der Waals surface area contributed by atoms with Gasteiger partial charge in [0.05, 0.1) is 18.7 Å². The van der Waals surface area contributed by atoms with E-state index in [1.807, 2.05) is 6.07 Å². The number of nitrogens with zero attached hydrogens (tertiary/aromatic N) is 1. The highest BCUT2D eigenvalue weighted by molar-refractivity contribution is 5.96. The van der Waals surface area contributed by atoms with Crippen molar-refractivity contribution in [3.05, 3.63) is 35.6 Å². The molecule has 6 heteroatoms. The first kappa shape index (κ1) is 15.6. The molecule has 1 N–H and O–H groups in total. The molecule has 1 aromatic carbocycles. The third kappa shape index (κ3) is 4.05. The highest BCUT2D eigenvalue weighted by Crippen LogP contribution is 2.10. The molecular formula is C14H15FN2O3. The zero-order valence-corrected chi connectivity index (χ0v) is 11.2. The molecule has 2 atom stereocenters. The molecule has 106 valence electrons. The molecule has 0 spiro atoms. The Morgan fingerprint density at radius 1 is 1.45 bits per heavy atom. The van der Waals surface area contributed by atoms with E-state index in [9.17, 15) is 14.0 Å². The van der Waals surface area contributed by atoms with E-state index in [1.165, 1.54) is 25.3 Å². The third-order valence-corrected chi connectivity index (χ3v) is 2.72. The lowest BCUT2D eigenvalue weighted by atomic mass is 10.0. The summed E-state index contributed by atoms with van der Waals surface area (Å²) in [4.78, 5) is 23.5. The number of halogens is 1. The van der Waals surface area contributed by atoms with Gasteiger partial charge in [-0.05, 0) is 25.5 Å². The first-order valence-electron chi connectivity index (χ1n) is 6.02. The Morgan fingerprint density at radius 3 is 2.65 bits per heavy atom. The SMILES string of the molecule is COC(=O)[C@@H](C[C@H](C)C#N)NC(=O)c1ccccc1F. The summed E-state index contributed by atoms with van der Waals surface area (Å²) < 4.78 is 18.0. The molecule has 1 rings (SSSR count). The second kappa shape index (κ2) is 7.24. The van der Waals surface area contributed by atoms with E-state index in [2.05, 4.69) is 10.1 Å². The quantitative estimate of drug-likeness (QED) is 0.830. The summed E-state index contributed by atoms with van der Waals surface area (Å²) in [6, 6.07) is 6.42. The summed E-state index contributed by atoms with van der Waals surface area (Å²) in [5.41, 5.74) is -0.161. The molecule has 0 aromatic heterocycles. The van der Waals surface area contributed by atoms with Crippen LogP contribution in [0.4, 0.5) is 4.39 Å². The Bertz CT molecular complexity index is 539. The number of carbonyl (C=O) groups is 2. The number of nitriles is 1. The number of methoxy groups -OCH3 is 1. The Morgan fingerprint density at radius 2 is 2.10 bits per heavy atom. The van der Waals surface area contributed by atoms with Crippen LogP contribution in [0.1, 0.15) is 23.7 Å². The highest BCUT2D eigenvalue weighted by atomic mass is 19.1. The minimum absolute atomic E-state index is 0.101. The molecule has 1 aromatic rings. The van der Waals surface area contributed by atoms with Gasteiger partial charge in [-0.1, -0.05) is 12.1 Å². The van der Waals surface area contributed by atoms with Crippen LogP contribution >= 0.6 is 0 Å². The normalized spacial score (nSPS) is 12.9. The summed E-state index contributed by atoms with van der Waals surface area (Å²) in [6.07, 6.45) is 0.101. The topological polar surface area (TPSA) is 79.2 Å². The number of ether oxygens (including phenoxy) is 1. The lowest BCUT2D eigenvalue weighted by molar-refractivity contribution is -0.143. The van der Waals surface area contributed by atoms with Gasteiger partial charge < -0.3 is 10.1 Å². The molecule has 0 aliphatic carbocycles. The molecule has 0 aliphatic heterocycles. The maximum Gasteiger partial charge on any atom is 0.328 e. The van der Waals surface area contributed by atoms with Gasteiger partial charge in [-0.25, -0.2) is 9.18 Å². The number of nitrogens with one attached hydrogen (secondary N) is 1. The van der Waals surface area contributed by atoms with Crippen molar-refractivity contribution in [3.8, 4) is 6.07 Å². The minimum Gasteiger partial charge on any atom is -0.467 e. The van der Waals surface area contributed by atoms with Crippen LogP contribution in [0.15, 0.2) is 24.3 Å². The first-order chi connectivity index (χ1) is 9.49. The summed E-state index contributed by atoms with van der Waals surface area (Å²) in [5.74, 6) is -2.51. The predicted molar refractivity (Wildman–Crippen MR) is 69.1 cm³/mol. The second-order valence-corrected chi connectivity index (χ2v) is 4.29. The van der Waals surface area contributed by atoms with Crippen LogP contribution in [0, 0.1) is 23.1 Å². The summed E-state index contributed by atoms with van der Waals surface area (Å²) >= 11 is 0. The van der Waals surface area contributed by atoms with Gasteiger partial charge in [-0.3, -0.25) is 4.79 Å². The number of hydrogen-bond acceptors (Lipinski definition) is 4. The van der Waals surface area contributed by atoms with Crippen molar-refractivity contribution < 1.29 is 18.7 Å². The van der Waals surface area contributed by atoms with Crippen molar-refractivity contribution in [2.75, 3.05) is 7.11 Å². The molecule has 0 fully saturated rings. The Labute approximate surface area is 116 Å². The highest BCUT2D eigenvalue weighted by Gasteiger charge is 2.25. The minimum atomic E-state index is -0.984. The average Bonchev–Trinajstić information content (AvgIpc) is 2.45. The zero-order chi connectivity index (χ0) is 15.1. The largest absolute Gasteiger partial charge is 0.467 e. The second-order valence-electron chi connectivity index (χ2n) is 4.29. The molecule has 0 unspecified atom stereocenters. The van der Waals surface area contributed by atoms with Gasteiger partial charge in [0, 0.05) is 5.92 Å². The lowest BCUT2D eigenvalue weighted by Crippen LogP contribution is -2.42. The predicted octanol–water partition coefficient (Wildman–Crippen LogP) is 1.65. The molecule has 20 heavy (non-hydrogen) atoms. The summed E-state index contributed by atoms with van der Waals surface area (Å²) in [7, 11) is 1.18. The van der Waals surface area contributed by atoms with E-state index in [0.717, 1.165) is 6.07 Å². The van der Waals surface area contributed by atoms with Gasteiger partial charge >= 0.3 is 5.97 Å². The van der Waals surface area contributed by atoms with Gasteiger partial charge in [0.25, 0.3) is 5.91 Å². The fourth-order valence-corrected chi connectivity index (χ4v) is 1.64. The smallest absolute Gasteiger partial charge is 0.328 e.